The van der Waals surface area contributed by atoms with Crippen molar-refractivity contribution in [1.29, 1.82) is 0 Å². The Kier molecular flexibility index (Phi) is 1.31. The van der Waals surface area contributed by atoms with Crippen molar-refractivity contribution in [2.45, 2.75) is 0 Å². The smallest absolute Gasteiger partial charge is 0.333 e. The van der Waals surface area contributed by atoms with Crippen LogP contribution in [0.2, 0.25) is 0 Å². The molecule has 0 radical (unpaired) electrons. The fourth-order valence-electron chi connectivity index (χ4n) is 0.625. The fourth-order valence-corrected chi connectivity index (χ4v) is 0.625. The summed E-state index contributed by atoms with van der Waals surface area (Å²) in [6, 6.07) is 0.536. The van der Waals surface area contributed by atoms with Crippen molar-refractivity contribution in [1.82, 2.24) is 4.98 Å². The van der Waals surface area contributed by atoms with Gasteiger partial charge in [-0.3, -0.25) is 10.1 Å². The van der Waals surface area contributed by atoms with Crippen molar-refractivity contribution in [2.75, 3.05) is 7.04 Å². The molecule has 12 heavy (non-hydrogen) atoms. The van der Waals surface area contributed by atoms with E-state index in [1.807, 2.05) is 0 Å². The molecule has 0 saturated heterocycles. The van der Waals surface area contributed by atoms with E-state index in [0.717, 1.165) is 0 Å². The van der Waals surface area contributed by atoms with Crippen molar-refractivity contribution in [3.63, 3.8) is 0 Å². The fraction of sp³-hybridized carbons (Fsp3) is 0.167. The predicted octanol–water partition coefficient (Wildman–Crippen LogP) is 1.14. The van der Waals surface area contributed by atoms with E-state index in [4.69, 9.17) is 4.11 Å². The average Bonchev–Trinajstić information content (AvgIpc) is 2.05. The van der Waals surface area contributed by atoms with E-state index >= 15 is 0 Å². The van der Waals surface area contributed by atoms with Gasteiger partial charge in [-0.05, 0) is 0 Å². The SMILES string of the molecule is [2H]C([2H])([2H])Oc1ncc(F)cc1[N+](=O)[O-]. The third-order valence-electron chi connectivity index (χ3n) is 1.09. The highest BCUT2D eigenvalue weighted by atomic mass is 19.1. The van der Waals surface area contributed by atoms with E-state index in [2.05, 4.69) is 9.72 Å². The molecule has 0 bridgehead atoms. The third kappa shape index (κ3) is 1.47. The molecule has 0 unspecified atom stereocenters. The van der Waals surface area contributed by atoms with Crippen LogP contribution in [0.5, 0.6) is 5.88 Å². The van der Waals surface area contributed by atoms with Gasteiger partial charge < -0.3 is 4.74 Å². The maximum atomic E-state index is 12.6. The number of hydrogen-bond acceptors (Lipinski definition) is 4. The van der Waals surface area contributed by atoms with Crippen LogP contribution in [0.1, 0.15) is 4.11 Å². The Morgan fingerprint density at radius 3 is 3.25 bits per heavy atom. The molecule has 0 fully saturated rings. The number of halogens is 1. The highest BCUT2D eigenvalue weighted by Crippen LogP contribution is 2.23. The Labute approximate surface area is 71.2 Å². The van der Waals surface area contributed by atoms with Gasteiger partial charge >= 0.3 is 5.69 Å². The summed E-state index contributed by atoms with van der Waals surface area (Å²) in [5, 5.41) is 10.4. The van der Waals surface area contributed by atoms with E-state index in [1.165, 1.54) is 0 Å². The molecule has 0 amide bonds. The minimum atomic E-state index is -2.87. The van der Waals surface area contributed by atoms with Gasteiger partial charge in [0.1, 0.15) is 5.82 Å². The lowest BCUT2D eigenvalue weighted by Gasteiger charge is -1.98. The zero-order valence-corrected chi connectivity index (χ0v) is 5.65. The second-order valence-corrected chi connectivity index (χ2v) is 1.84. The second kappa shape index (κ2) is 3.12. The summed E-state index contributed by atoms with van der Waals surface area (Å²) < 4.78 is 37.0. The molecular weight excluding hydrogens is 167 g/mol. The van der Waals surface area contributed by atoms with Crippen LogP contribution >= 0.6 is 0 Å². The number of pyridine rings is 1. The van der Waals surface area contributed by atoms with Crippen molar-refractivity contribution < 1.29 is 18.2 Å². The Hall–Kier alpha value is -1.72. The predicted molar refractivity (Wildman–Crippen MR) is 37.4 cm³/mol. The largest absolute Gasteiger partial charge is 0.476 e. The Bertz CT molecular complexity index is 396. The first-order chi connectivity index (χ1) is 6.79. The molecular formula is C6H5FN2O3. The van der Waals surface area contributed by atoms with Gasteiger partial charge in [0.15, 0.2) is 0 Å². The summed E-state index contributed by atoms with van der Waals surface area (Å²) in [5.41, 5.74) is -0.828. The molecule has 6 heteroatoms. The first-order valence-electron chi connectivity index (χ1n) is 4.28. The third-order valence-corrected chi connectivity index (χ3v) is 1.09. The van der Waals surface area contributed by atoms with Crippen LogP contribution < -0.4 is 4.74 Å². The van der Waals surface area contributed by atoms with E-state index in [-0.39, 0.29) is 0 Å². The Morgan fingerprint density at radius 1 is 1.92 bits per heavy atom. The normalized spacial score (nSPS) is 14.2. The summed E-state index contributed by atoms with van der Waals surface area (Å²) in [6.07, 6.45) is 0.633. The molecule has 0 aliphatic rings. The molecule has 5 nitrogen and oxygen atoms in total. The lowest BCUT2D eigenvalue weighted by molar-refractivity contribution is -0.386. The van der Waals surface area contributed by atoms with Crippen molar-refractivity contribution in [3.8, 4) is 5.88 Å². The first-order valence-corrected chi connectivity index (χ1v) is 2.78. The summed E-state index contributed by atoms with van der Waals surface area (Å²) in [7, 11) is -2.87. The van der Waals surface area contributed by atoms with Crippen molar-refractivity contribution in [2.24, 2.45) is 0 Å². The minimum Gasteiger partial charge on any atom is -0.476 e. The lowest BCUT2D eigenvalue weighted by Crippen LogP contribution is -1.96. The number of aromatic nitrogens is 1. The molecule has 0 aromatic carbocycles. The molecule has 64 valence electrons. The van der Waals surface area contributed by atoms with Gasteiger partial charge in [0.2, 0.25) is 0 Å². The van der Waals surface area contributed by atoms with Gasteiger partial charge in [-0.25, -0.2) is 9.37 Å². The Morgan fingerprint density at radius 2 is 2.67 bits per heavy atom. The zero-order chi connectivity index (χ0) is 11.6. The van der Waals surface area contributed by atoms with Gasteiger partial charge in [-0.1, -0.05) is 0 Å². The van der Waals surface area contributed by atoms with E-state index < -0.39 is 29.3 Å². The van der Waals surface area contributed by atoms with Crippen LogP contribution in [0.15, 0.2) is 12.3 Å². The summed E-state index contributed by atoms with van der Waals surface area (Å²) in [6.45, 7) is 0. The molecule has 0 aliphatic heterocycles. The second-order valence-electron chi connectivity index (χ2n) is 1.84. The van der Waals surface area contributed by atoms with Crippen LogP contribution in [-0.2, 0) is 0 Å². The number of nitrogens with zero attached hydrogens (tertiary/aromatic N) is 2. The van der Waals surface area contributed by atoms with Crippen molar-refractivity contribution in [3.05, 3.63) is 28.2 Å². The van der Waals surface area contributed by atoms with Gasteiger partial charge in [-0.2, -0.15) is 0 Å². The maximum absolute atomic E-state index is 12.6. The number of methoxy groups -OCH3 is 1. The van der Waals surface area contributed by atoms with E-state index in [0.29, 0.717) is 12.3 Å². The number of nitro groups is 1. The topological polar surface area (TPSA) is 65.3 Å². The molecule has 0 N–H and O–H groups in total. The molecule has 1 rings (SSSR count). The number of rotatable bonds is 2. The molecule has 1 aromatic heterocycles. The molecule has 0 spiro atoms. The molecule has 0 aliphatic carbocycles. The van der Waals surface area contributed by atoms with E-state index in [9.17, 15) is 14.5 Å². The summed E-state index contributed by atoms with van der Waals surface area (Å²) in [5.74, 6) is -1.68. The highest BCUT2D eigenvalue weighted by Gasteiger charge is 2.16. The summed E-state index contributed by atoms with van der Waals surface area (Å²) >= 11 is 0. The molecule has 0 atom stereocenters. The van der Waals surface area contributed by atoms with Gasteiger partial charge in [0, 0.05) is 0 Å². The van der Waals surface area contributed by atoms with Gasteiger partial charge in [0.05, 0.1) is 28.3 Å². The standard InChI is InChI=1S/C6H5FN2O3/c1-12-6-5(9(10)11)2-4(7)3-8-6/h2-3H,1H3/i1D3. The average molecular weight is 175 g/mol. The molecule has 1 aromatic rings. The first kappa shape index (κ1) is 5.02. The number of ether oxygens (including phenoxy) is 1. The Balaban J connectivity index is 3.12. The lowest BCUT2D eigenvalue weighted by atomic mass is 10.4. The van der Waals surface area contributed by atoms with Crippen LogP contribution in [0, 0.1) is 15.9 Å². The monoisotopic (exact) mass is 175 g/mol. The molecule has 0 saturated carbocycles. The van der Waals surface area contributed by atoms with E-state index in [1.54, 1.807) is 0 Å². The highest BCUT2D eigenvalue weighted by molar-refractivity contribution is 5.40. The van der Waals surface area contributed by atoms with Crippen LogP contribution in [-0.4, -0.2) is 16.9 Å². The van der Waals surface area contributed by atoms with Gasteiger partial charge in [-0.15, -0.1) is 0 Å². The quantitative estimate of drug-likeness (QED) is 0.499. The summed E-state index contributed by atoms with van der Waals surface area (Å²) in [4.78, 5) is 12.6. The molecule has 1 heterocycles. The van der Waals surface area contributed by atoms with Crippen molar-refractivity contribution >= 4 is 5.69 Å². The van der Waals surface area contributed by atoms with Gasteiger partial charge in [0.25, 0.3) is 5.88 Å². The minimum absolute atomic E-state index is 0.536. The zero-order valence-electron chi connectivity index (χ0n) is 8.65. The van der Waals surface area contributed by atoms with Crippen LogP contribution in [0.4, 0.5) is 10.1 Å². The number of hydrogen-bond donors (Lipinski definition) is 0. The maximum Gasteiger partial charge on any atom is 0.333 e. The van der Waals surface area contributed by atoms with Crippen LogP contribution in [0.25, 0.3) is 0 Å². The van der Waals surface area contributed by atoms with Crippen LogP contribution in [0.3, 0.4) is 0 Å².